The van der Waals surface area contributed by atoms with Gasteiger partial charge < -0.3 is 4.74 Å². The number of hydrogen-bond donors (Lipinski definition) is 1. The maximum atomic E-state index is 11.5. The standard InChI is InChI=1S/C11H10N2O2S2/c1-7(16)15-6-10(14)13-11-12-8-4-2-3-5-9(8)17-11/h2-5H,6H2,1H3,(H,12,13,14). The molecule has 0 spiro atoms. The Labute approximate surface area is 108 Å². The van der Waals surface area contributed by atoms with E-state index in [9.17, 15) is 4.79 Å². The van der Waals surface area contributed by atoms with Gasteiger partial charge in [0.05, 0.1) is 10.2 Å². The molecule has 0 aliphatic heterocycles. The van der Waals surface area contributed by atoms with E-state index < -0.39 is 0 Å². The number of rotatable bonds is 3. The molecule has 0 radical (unpaired) electrons. The van der Waals surface area contributed by atoms with Crippen LogP contribution in [0.3, 0.4) is 0 Å². The number of benzene rings is 1. The fourth-order valence-electron chi connectivity index (χ4n) is 1.25. The van der Waals surface area contributed by atoms with E-state index in [0.717, 1.165) is 10.2 Å². The van der Waals surface area contributed by atoms with E-state index in [2.05, 4.69) is 10.3 Å². The number of amides is 1. The molecular formula is C11H10N2O2S2. The van der Waals surface area contributed by atoms with E-state index in [1.165, 1.54) is 11.3 Å². The second kappa shape index (κ2) is 5.20. The molecule has 2 aromatic rings. The lowest BCUT2D eigenvalue weighted by molar-refractivity contribution is -0.118. The first kappa shape index (κ1) is 11.9. The lowest BCUT2D eigenvalue weighted by atomic mass is 10.3. The SMILES string of the molecule is CC(=S)OCC(=O)Nc1nc2ccccc2s1. The predicted octanol–water partition coefficient (Wildman–Crippen LogP) is 2.60. The van der Waals surface area contributed by atoms with Crippen LogP contribution in [-0.2, 0) is 9.53 Å². The minimum atomic E-state index is -0.256. The lowest BCUT2D eigenvalue weighted by Crippen LogP contribution is -2.19. The van der Waals surface area contributed by atoms with Crippen LogP contribution < -0.4 is 5.32 Å². The number of hydrogen-bond acceptors (Lipinski definition) is 5. The maximum Gasteiger partial charge on any atom is 0.264 e. The highest BCUT2D eigenvalue weighted by atomic mass is 32.1. The molecule has 0 saturated carbocycles. The van der Waals surface area contributed by atoms with Crippen LogP contribution in [0.1, 0.15) is 6.92 Å². The third-order valence-electron chi connectivity index (χ3n) is 1.95. The van der Waals surface area contributed by atoms with Crippen molar-refractivity contribution in [3.63, 3.8) is 0 Å². The predicted molar refractivity (Wildman–Crippen MR) is 72.5 cm³/mol. The number of nitrogens with zero attached hydrogens (tertiary/aromatic N) is 1. The summed E-state index contributed by atoms with van der Waals surface area (Å²) in [5, 5.41) is 3.59. The van der Waals surface area contributed by atoms with Gasteiger partial charge >= 0.3 is 0 Å². The van der Waals surface area contributed by atoms with Crippen LogP contribution in [0.25, 0.3) is 10.2 Å². The molecule has 0 saturated heterocycles. The van der Waals surface area contributed by atoms with Crippen LogP contribution in [0, 0.1) is 0 Å². The summed E-state index contributed by atoms with van der Waals surface area (Å²) < 4.78 is 5.98. The molecule has 0 atom stereocenters. The topological polar surface area (TPSA) is 51.2 Å². The Bertz CT molecular complexity index is 532. The first-order valence-electron chi connectivity index (χ1n) is 4.94. The number of thiocarbonyl (C=S) groups is 1. The Balaban J connectivity index is 2.03. The fraction of sp³-hybridized carbons (Fsp3) is 0.182. The number of aromatic nitrogens is 1. The first-order chi connectivity index (χ1) is 8.15. The highest BCUT2D eigenvalue weighted by Gasteiger charge is 2.07. The third-order valence-corrected chi connectivity index (χ3v) is 3.02. The Kier molecular flexibility index (Phi) is 3.65. The van der Waals surface area contributed by atoms with Crippen molar-refractivity contribution in [2.45, 2.75) is 6.92 Å². The number of anilines is 1. The van der Waals surface area contributed by atoms with Gasteiger partial charge in [0.25, 0.3) is 5.91 Å². The summed E-state index contributed by atoms with van der Waals surface area (Å²) in [6, 6.07) is 7.70. The van der Waals surface area contributed by atoms with Crippen molar-refractivity contribution in [1.29, 1.82) is 0 Å². The third kappa shape index (κ3) is 3.21. The molecule has 1 heterocycles. The molecule has 0 bridgehead atoms. The molecular weight excluding hydrogens is 256 g/mol. The minimum absolute atomic E-state index is 0.0781. The average Bonchev–Trinajstić information content (AvgIpc) is 2.68. The summed E-state index contributed by atoms with van der Waals surface area (Å²) in [6.45, 7) is 1.55. The van der Waals surface area contributed by atoms with Crippen molar-refractivity contribution in [3.8, 4) is 0 Å². The van der Waals surface area contributed by atoms with E-state index in [-0.39, 0.29) is 12.5 Å². The fourth-order valence-corrected chi connectivity index (χ4v) is 2.19. The molecule has 1 aromatic heterocycles. The smallest absolute Gasteiger partial charge is 0.264 e. The second-order valence-corrected chi connectivity index (χ2v) is 4.92. The van der Waals surface area contributed by atoms with Gasteiger partial charge in [0.1, 0.15) is 0 Å². The van der Waals surface area contributed by atoms with Crippen molar-refractivity contribution in [2.24, 2.45) is 0 Å². The Morgan fingerprint density at radius 1 is 1.53 bits per heavy atom. The molecule has 0 aliphatic carbocycles. The Hall–Kier alpha value is -1.53. The van der Waals surface area contributed by atoms with Gasteiger partial charge in [0.15, 0.2) is 16.8 Å². The van der Waals surface area contributed by atoms with Crippen LogP contribution in [0.2, 0.25) is 0 Å². The van der Waals surface area contributed by atoms with Crippen LogP contribution in [0.15, 0.2) is 24.3 Å². The summed E-state index contributed by atoms with van der Waals surface area (Å²) in [5.74, 6) is -0.256. The van der Waals surface area contributed by atoms with Gasteiger partial charge in [-0.15, -0.1) is 0 Å². The number of thiazole rings is 1. The average molecular weight is 266 g/mol. The molecule has 4 nitrogen and oxygen atoms in total. The van der Waals surface area contributed by atoms with Crippen LogP contribution >= 0.6 is 23.6 Å². The summed E-state index contributed by atoms with van der Waals surface area (Å²) >= 11 is 6.14. The van der Waals surface area contributed by atoms with E-state index >= 15 is 0 Å². The number of fused-ring (bicyclic) bond motifs is 1. The van der Waals surface area contributed by atoms with Crippen molar-refractivity contribution in [2.75, 3.05) is 11.9 Å². The summed E-state index contributed by atoms with van der Waals surface area (Å²) in [7, 11) is 0. The zero-order valence-corrected chi connectivity index (χ0v) is 10.7. The molecule has 2 rings (SSSR count). The molecule has 88 valence electrons. The van der Waals surface area contributed by atoms with Gasteiger partial charge in [-0.05, 0) is 24.4 Å². The van der Waals surface area contributed by atoms with E-state index in [0.29, 0.717) is 10.2 Å². The lowest BCUT2D eigenvalue weighted by Gasteiger charge is -2.02. The zero-order chi connectivity index (χ0) is 12.3. The van der Waals surface area contributed by atoms with Gasteiger partial charge in [-0.25, -0.2) is 4.98 Å². The van der Waals surface area contributed by atoms with Gasteiger partial charge in [-0.1, -0.05) is 23.5 Å². The van der Waals surface area contributed by atoms with Crippen molar-refractivity contribution >= 4 is 49.9 Å². The first-order valence-corrected chi connectivity index (χ1v) is 6.16. The molecule has 0 fully saturated rings. The summed E-state index contributed by atoms with van der Waals surface area (Å²) in [4.78, 5) is 15.7. The van der Waals surface area contributed by atoms with Gasteiger partial charge in [-0.3, -0.25) is 10.1 Å². The van der Waals surface area contributed by atoms with E-state index in [1.54, 1.807) is 6.92 Å². The number of carbonyl (C=O) groups excluding carboxylic acids is 1. The van der Waals surface area contributed by atoms with Crippen molar-refractivity contribution in [1.82, 2.24) is 4.98 Å². The Morgan fingerprint density at radius 2 is 2.29 bits per heavy atom. The van der Waals surface area contributed by atoms with E-state index in [4.69, 9.17) is 17.0 Å². The number of para-hydroxylation sites is 1. The van der Waals surface area contributed by atoms with Crippen LogP contribution in [0.4, 0.5) is 5.13 Å². The highest BCUT2D eigenvalue weighted by molar-refractivity contribution is 7.80. The molecule has 17 heavy (non-hydrogen) atoms. The molecule has 1 N–H and O–H groups in total. The van der Waals surface area contributed by atoms with Crippen molar-refractivity contribution in [3.05, 3.63) is 24.3 Å². The maximum absolute atomic E-state index is 11.5. The van der Waals surface area contributed by atoms with Crippen molar-refractivity contribution < 1.29 is 9.53 Å². The van der Waals surface area contributed by atoms with E-state index in [1.807, 2.05) is 24.3 Å². The monoisotopic (exact) mass is 266 g/mol. The molecule has 0 unspecified atom stereocenters. The van der Waals surface area contributed by atoms with Gasteiger partial charge in [0.2, 0.25) is 0 Å². The number of ether oxygens (including phenoxy) is 1. The highest BCUT2D eigenvalue weighted by Crippen LogP contribution is 2.25. The van der Waals surface area contributed by atoms with Gasteiger partial charge in [0, 0.05) is 6.92 Å². The number of nitrogens with one attached hydrogen (secondary N) is 1. The van der Waals surface area contributed by atoms with Crippen LogP contribution in [0.5, 0.6) is 0 Å². The Morgan fingerprint density at radius 3 is 3.00 bits per heavy atom. The quantitative estimate of drug-likeness (QED) is 0.868. The summed E-state index contributed by atoms with van der Waals surface area (Å²) in [6.07, 6.45) is 0. The molecule has 6 heteroatoms. The van der Waals surface area contributed by atoms with Gasteiger partial charge in [-0.2, -0.15) is 0 Å². The second-order valence-electron chi connectivity index (χ2n) is 3.32. The molecule has 0 aliphatic rings. The number of carbonyl (C=O) groups is 1. The summed E-state index contributed by atoms with van der Waals surface area (Å²) in [5.41, 5.74) is 0.875. The largest absolute Gasteiger partial charge is 0.478 e. The minimum Gasteiger partial charge on any atom is -0.478 e. The van der Waals surface area contributed by atoms with Crippen LogP contribution in [-0.4, -0.2) is 22.5 Å². The normalized spacial score (nSPS) is 10.2. The molecule has 1 aromatic carbocycles. The molecule has 1 amide bonds. The zero-order valence-electron chi connectivity index (χ0n) is 9.10.